The summed E-state index contributed by atoms with van der Waals surface area (Å²) in [5.74, 6) is 0.789. The van der Waals surface area contributed by atoms with Crippen molar-refractivity contribution in [3.05, 3.63) is 46.7 Å². The number of anilines is 1. The van der Waals surface area contributed by atoms with Crippen molar-refractivity contribution in [2.24, 2.45) is 0 Å². The van der Waals surface area contributed by atoms with E-state index in [1.54, 1.807) is 16.2 Å². The molecule has 0 radical (unpaired) electrons. The first-order chi connectivity index (χ1) is 8.34. The Balaban J connectivity index is 1.95. The fourth-order valence-corrected chi connectivity index (χ4v) is 2.55. The molecule has 2 aromatic rings. The Morgan fingerprint density at radius 2 is 2.18 bits per heavy atom. The van der Waals surface area contributed by atoms with Crippen LogP contribution in [-0.4, -0.2) is 12.5 Å². The smallest absolute Gasteiger partial charge is 0.265 e. The number of thiophene rings is 1. The molecule has 0 unspecified atom stereocenters. The molecule has 3 nitrogen and oxygen atoms in total. The lowest BCUT2D eigenvalue weighted by molar-refractivity contribution is -0.121. The van der Waals surface area contributed by atoms with Gasteiger partial charge >= 0.3 is 0 Å². The number of benzene rings is 1. The van der Waals surface area contributed by atoms with Crippen molar-refractivity contribution in [2.75, 3.05) is 11.5 Å². The van der Waals surface area contributed by atoms with Crippen molar-refractivity contribution in [3.8, 4) is 5.75 Å². The SMILES string of the molecule is O=C1COc2ccccc2N1Cc1ccsc1. The molecule has 2 heterocycles. The van der Waals surface area contributed by atoms with Crippen molar-refractivity contribution < 1.29 is 9.53 Å². The zero-order chi connectivity index (χ0) is 11.7. The first kappa shape index (κ1) is 10.4. The number of ether oxygens (including phenoxy) is 1. The van der Waals surface area contributed by atoms with Gasteiger partial charge < -0.3 is 9.64 Å². The molecule has 86 valence electrons. The van der Waals surface area contributed by atoms with E-state index in [0.717, 1.165) is 17.0 Å². The predicted octanol–water partition coefficient (Wildman–Crippen LogP) is 2.67. The van der Waals surface area contributed by atoms with Crippen LogP contribution >= 0.6 is 11.3 Å². The summed E-state index contributed by atoms with van der Waals surface area (Å²) < 4.78 is 5.40. The molecule has 1 aromatic heterocycles. The summed E-state index contributed by atoms with van der Waals surface area (Å²) in [5, 5.41) is 4.08. The van der Waals surface area contributed by atoms with E-state index in [1.807, 2.05) is 35.7 Å². The normalized spacial score (nSPS) is 14.4. The molecule has 0 spiro atoms. The molecule has 1 amide bonds. The Hall–Kier alpha value is -1.81. The van der Waals surface area contributed by atoms with Gasteiger partial charge in [0.1, 0.15) is 5.75 Å². The molecule has 1 aliphatic rings. The number of amides is 1. The average Bonchev–Trinajstić information content (AvgIpc) is 2.86. The lowest BCUT2D eigenvalue weighted by Crippen LogP contribution is -2.38. The summed E-state index contributed by atoms with van der Waals surface area (Å²) in [5.41, 5.74) is 2.01. The Morgan fingerprint density at radius 3 is 3.00 bits per heavy atom. The third-order valence-corrected chi connectivity index (χ3v) is 3.46. The van der Waals surface area contributed by atoms with E-state index in [2.05, 4.69) is 5.38 Å². The van der Waals surface area contributed by atoms with Crippen molar-refractivity contribution in [3.63, 3.8) is 0 Å². The topological polar surface area (TPSA) is 29.5 Å². The molecule has 1 aromatic carbocycles. The highest BCUT2D eigenvalue weighted by atomic mass is 32.1. The van der Waals surface area contributed by atoms with Gasteiger partial charge in [-0.15, -0.1) is 0 Å². The fourth-order valence-electron chi connectivity index (χ4n) is 1.89. The predicted molar refractivity (Wildman–Crippen MR) is 67.4 cm³/mol. The van der Waals surface area contributed by atoms with Crippen LogP contribution in [0.1, 0.15) is 5.56 Å². The van der Waals surface area contributed by atoms with Gasteiger partial charge in [0.15, 0.2) is 6.61 Å². The second-order valence-electron chi connectivity index (χ2n) is 3.87. The maximum Gasteiger partial charge on any atom is 0.265 e. The minimum atomic E-state index is 0.00917. The Kier molecular flexibility index (Phi) is 2.57. The molecule has 0 saturated heterocycles. The maximum absolute atomic E-state index is 11.9. The highest BCUT2D eigenvalue weighted by molar-refractivity contribution is 7.07. The van der Waals surface area contributed by atoms with E-state index in [9.17, 15) is 4.79 Å². The lowest BCUT2D eigenvalue weighted by Gasteiger charge is -2.29. The number of fused-ring (bicyclic) bond motifs is 1. The number of carbonyl (C=O) groups is 1. The summed E-state index contributed by atoms with van der Waals surface area (Å²) in [7, 11) is 0. The van der Waals surface area contributed by atoms with Crippen LogP contribution in [0.3, 0.4) is 0 Å². The van der Waals surface area contributed by atoms with Gasteiger partial charge in [-0.2, -0.15) is 11.3 Å². The fraction of sp³-hybridized carbons (Fsp3) is 0.154. The molecule has 0 saturated carbocycles. The van der Waals surface area contributed by atoms with Gasteiger partial charge in [0, 0.05) is 0 Å². The quantitative estimate of drug-likeness (QED) is 0.814. The summed E-state index contributed by atoms with van der Waals surface area (Å²) in [4.78, 5) is 13.7. The second kappa shape index (κ2) is 4.22. The van der Waals surface area contributed by atoms with Crippen molar-refractivity contribution in [1.29, 1.82) is 0 Å². The zero-order valence-electron chi connectivity index (χ0n) is 9.13. The molecule has 3 rings (SSSR count). The van der Waals surface area contributed by atoms with Crippen LogP contribution < -0.4 is 9.64 Å². The molecular formula is C13H11NO2S. The highest BCUT2D eigenvalue weighted by Gasteiger charge is 2.24. The minimum absolute atomic E-state index is 0.00917. The maximum atomic E-state index is 11.9. The Bertz CT molecular complexity index is 536. The Morgan fingerprint density at radius 1 is 1.29 bits per heavy atom. The van der Waals surface area contributed by atoms with E-state index in [1.165, 1.54) is 0 Å². The van der Waals surface area contributed by atoms with E-state index >= 15 is 0 Å². The first-order valence-electron chi connectivity index (χ1n) is 5.38. The largest absolute Gasteiger partial charge is 0.482 e. The number of para-hydroxylation sites is 2. The first-order valence-corrected chi connectivity index (χ1v) is 6.32. The van der Waals surface area contributed by atoms with Gasteiger partial charge in [-0.05, 0) is 34.5 Å². The third kappa shape index (κ3) is 1.91. The molecule has 0 aliphatic carbocycles. The number of hydrogen-bond acceptors (Lipinski definition) is 3. The number of rotatable bonds is 2. The van der Waals surface area contributed by atoms with Gasteiger partial charge in [-0.1, -0.05) is 12.1 Å². The van der Waals surface area contributed by atoms with E-state index in [4.69, 9.17) is 4.74 Å². The molecule has 17 heavy (non-hydrogen) atoms. The van der Waals surface area contributed by atoms with Crippen LogP contribution in [0, 0.1) is 0 Å². The third-order valence-electron chi connectivity index (χ3n) is 2.73. The number of carbonyl (C=O) groups excluding carboxylic acids is 1. The van der Waals surface area contributed by atoms with Crippen LogP contribution in [0.25, 0.3) is 0 Å². The standard InChI is InChI=1S/C13H11NO2S/c15-13-8-16-12-4-2-1-3-11(12)14(13)7-10-5-6-17-9-10/h1-6,9H,7-8H2. The number of nitrogens with zero attached hydrogens (tertiary/aromatic N) is 1. The summed E-state index contributed by atoms with van der Waals surface area (Å²) in [6.07, 6.45) is 0. The summed E-state index contributed by atoms with van der Waals surface area (Å²) in [6.45, 7) is 0.740. The second-order valence-corrected chi connectivity index (χ2v) is 4.65. The van der Waals surface area contributed by atoms with Crippen LogP contribution in [0.4, 0.5) is 5.69 Å². The van der Waals surface area contributed by atoms with E-state index in [-0.39, 0.29) is 12.5 Å². The molecule has 1 aliphatic heterocycles. The van der Waals surface area contributed by atoms with Gasteiger partial charge in [-0.25, -0.2) is 0 Å². The molecule has 0 atom stereocenters. The van der Waals surface area contributed by atoms with Crippen LogP contribution in [0.5, 0.6) is 5.75 Å². The molecule has 4 heteroatoms. The average molecular weight is 245 g/mol. The molecule has 0 fully saturated rings. The van der Waals surface area contributed by atoms with Crippen molar-refractivity contribution >= 4 is 22.9 Å². The summed E-state index contributed by atoms with van der Waals surface area (Å²) in [6, 6.07) is 9.68. The van der Waals surface area contributed by atoms with Gasteiger partial charge in [0.25, 0.3) is 5.91 Å². The molecular weight excluding hydrogens is 234 g/mol. The minimum Gasteiger partial charge on any atom is -0.482 e. The van der Waals surface area contributed by atoms with Gasteiger partial charge in [0.05, 0.1) is 12.2 Å². The van der Waals surface area contributed by atoms with Gasteiger partial charge in [-0.3, -0.25) is 4.79 Å². The highest BCUT2D eigenvalue weighted by Crippen LogP contribution is 2.32. The van der Waals surface area contributed by atoms with Gasteiger partial charge in [0.2, 0.25) is 0 Å². The van der Waals surface area contributed by atoms with E-state index < -0.39 is 0 Å². The molecule has 0 N–H and O–H groups in total. The van der Waals surface area contributed by atoms with Crippen LogP contribution in [0.2, 0.25) is 0 Å². The zero-order valence-corrected chi connectivity index (χ0v) is 9.94. The molecule has 0 bridgehead atoms. The summed E-state index contributed by atoms with van der Waals surface area (Å²) >= 11 is 1.64. The van der Waals surface area contributed by atoms with Crippen molar-refractivity contribution in [2.45, 2.75) is 6.54 Å². The van der Waals surface area contributed by atoms with E-state index in [0.29, 0.717) is 6.54 Å². The monoisotopic (exact) mass is 245 g/mol. The van der Waals surface area contributed by atoms with Crippen LogP contribution in [-0.2, 0) is 11.3 Å². The van der Waals surface area contributed by atoms with Crippen molar-refractivity contribution in [1.82, 2.24) is 0 Å². The lowest BCUT2D eigenvalue weighted by atomic mass is 10.2. The van der Waals surface area contributed by atoms with Crippen LogP contribution in [0.15, 0.2) is 41.1 Å². The number of hydrogen-bond donors (Lipinski definition) is 0. The Labute approximate surface area is 103 Å².